The van der Waals surface area contributed by atoms with E-state index in [2.05, 4.69) is 27.3 Å². The zero-order valence-electron chi connectivity index (χ0n) is 10.8. The van der Waals surface area contributed by atoms with E-state index in [-0.39, 0.29) is 11.8 Å². The van der Waals surface area contributed by atoms with E-state index >= 15 is 0 Å². The molecule has 2 rings (SSSR count). The second-order valence-electron chi connectivity index (χ2n) is 4.84. The van der Waals surface area contributed by atoms with E-state index in [1.54, 1.807) is 0 Å². The van der Waals surface area contributed by atoms with Gasteiger partial charge in [-0.25, -0.2) is 0 Å². The molecule has 1 aromatic rings. The summed E-state index contributed by atoms with van der Waals surface area (Å²) >= 11 is 3.50. The van der Waals surface area contributed by atoms with E-state index in [1.807, 2.05) is 19.9 Å². The fraction of sp³-hybridized carbons (Fsp3) is 0.500. The number of carbonyl (C=O) groups excluding carboxylic acids is 1. The van der Waals surface area contributed by atoms with E-state index < -0.39 is 0 Å². The lowest BCUT2D eigenvalue weighted by atomic mass is 10.0. The maximum absolute atomic E-state index is 12.1. The van der Waals surface area contributed by atoms with Crippen LogP contribution in [0.2, 0.25) is 0 Å². The van der Waals surface area contributed by atoms with Crippen LogP contribution in [-0.2, 0) is 9.53 Å². The molecule has 0 saturated carbocycles. The Morgan fingerprint density at radius 1 is 1.44 bits per heavy atom. The highest BCUT2D eigenvalue weighted by Crippen LogP contribution is 2.28. The number of halogens is 1. The van der Waals surface area contributed by atoms with Crippen molar-refractivity contribution in [3.05, 3.63) is 27.7 Å². The van der Waals surface area contributed by atoms with Gasteiger partial charge in [0, 0.05) is 11.1 Å². The summed E-state index contributed by atoms with van der Waals surface area (Å²) in [5.41, 5.74) is 3.13. The van der Waals surface area contributed by atoms with Gasteiger partial charge in [0.1, 0.15) is 0 Å². The molecule has 1 aliphatic heterocycles. The van der Waals surface area contributed by atoms with Gasteiger partial charge >= 0.3 is 0 Å². The minimum Gasteiger partial charge on any atom is -0.381 e. The number of nitrogens with one attached hydrogen (secondary N) is 1. The molecule has 1 heterocycles. The number of benzene rings is 1. The number of ether oxygens (including phenoxy) is 1. The van der Waals surface area contributed by atoms with Crippen LogP contribution in [0.3, 0.4) is 0 Å². The lowest BCUT2D eigenvalue weighted by molar-refractivity contribution is -0.123. The van der Waals surface area contributed by atoms with Crippen LogP contribution in [0, 0.1) is 19.8 Å². The molecular formula is C14H18BrNO2. The molecule has 0 aromatic heterocycles. The number of aryl methyl sites for hydroxylation is 2. The monoisotopic (exact) mass is 311 g/mol. The molecule has 0 radical (unpaired) electrons. The van der Waals surface area contributed by atoms with Gasteiger partial charge in [0.25, 0.3) is 0 Å². The van der Waals surface area contributed by atoms with Crippen molar-refractivity contribution in [2.24, 2.45) is 5.92 Å². The lowest BCUT2D eigenvalue weighted by Crippen LogP contribution is -2.30. The molecular weight excluding hydrogens is 294 g/mol. The number of hydrogen-bond donors (Lipinski definition) is 1. The Balaban J connectivity index is 2.11. The van der Waals surface area contributed by atoms with E-state index in [9.17, 15) is 4.79 Å². The first-order chi connectivity index (χ1) is 8.58. The first-order valence-corrected chi connectivity index (χ1v) is 7.02. The number of anilines is 1. The third kappa shape index (κ3) is 3.12. The first-order valence-electron chi connectivity index (χ1n) is 6.23. The van der Waals surface area contributed by atoms with Crippen LogP contribution in [0.4, 0.5) is 5.69 Å². The Morgan fingerprint density at radius 3 is 2.83 bits per heavy atom. The zero-order chi connectivity index (χ0) is 13.1. The fourth-order valence-corrected chi connectivity index (χ4v) is 3.02. The van der Waals surface area contributed by atoms with Gasteiger partial charge in [0.05, 0.1) is 18.2 Å². The number of amides is 1. The lowest BCUT2D eigenvalue weighted by Gasteiger charge is -2.22. The predicted molar refractivity (Wildman–Crippen MR) is 75.8 cm³/mol. The summed E-state index contributed by atoms with van der Waals surface area (Å²) in [6.07, 6.45) is 1.88. The maximum atomic E-state index is 12.1. The van der Waals surface area contributed by atoms with Gasteiger partial charge in [-0.05, 0) is 59.8 Å². The van der Waals surface area contributed by atoms with Gasteiger partial charge in [-0.3, -0.25) is 4.79 Å². The van der Waals surface area contributed by atoms with Crippen LogP contribution in [0.15, 0.2) is 16.6 Å². The van der Waals surface area contributed by atoms with Gasteiger partial charge in [0.2, 0.25) is 5.91 Å². The first kappa shape index (κ1) is 13.6. The molecule has 0 spiro atoms. The van der Waals surface area contributed by atoms with Crippen molar-refractivity contribution < 1.29 is 9.53 Å². The highest BCUT2D eigenvalue weighted by Gasteiger charge is 2.22. The molecule has 1 N–H and O–H groups in total. The molecule has 1 aromatic carbocycles. The molecule has 0 aliphatic carbocycles. The molecule has 1 atom stereocenters. The molecule has 98 valence electrons. The summed E-state index contributed by atoms with van der Waals surface area (Å²) in [6, 6.07) is 4.08. The van der Waals surface area contributed by atoms with Crippen molar-refractivity contribution in [3.8, 4) is 0 Å². The van der Waals surface area contributed by atoms with Crippen LogP contribution in [0.1, 0.15) is 24.0 Å². The van der Waals surface area contributed by atoms with Gasteiger partial charge < -0.3 is 10.1 Å². The van der Waals surface area contributed by atoms with E-state index in [4.69, 9.17) is 4.74 Å². The summed E-state index contributed by atoms with van der Waals surface area (Å²) < 4.78 is 6.28. The minimum atomic E-state index is -0.0219. The molecule has 0 bridgehead atoms. The minimum absolute atomic E-state index is 0.0219. The predicted octanol–water partition coefficient (Wildman–Crippen LogP) is 3.43. The summed E-state index contributed by atoms with van der Waals surface area (Å²) in [4.78, 5) is 12.1. The Labute approximate surface area is 116 Å². The molecule has 3 nitrogen and oxygen atoms in total. The van der Waals surface area contributed by atoms with E-state index in [0.29, 0.717) is 6.61 Å². The number of hydrogen-bond acceptors (Lipinski definition) is 2. The van der Waals surface area contributed by atoms with Crippen molar-refractivity contribution in [3.63, 3.8) is 0 Å². The summed E-state index contributed by atoms with van der Waals surface area (Å²) in [5.74, 6) is 0.0358. The van der Waals surface area contributed by atoms with Gasteiger partial charge in [0.15, 0.2) is 0 Å². The standard InChI is InChI=1S/C14H18BrNO2/c1-9-6-10(2)13(12(15)7-9)16-14(17)11-4-3-5-18-8-11/h6-7,11H,3-5,8H2,1-2H3,(H,16,17). The second-order valence-corrected chi connectivity index (χ2v) is 5.70. The van der Waals surface area contributed by atoms with Crippen molar-refractivity contribution in [2.45, 2.75) is 26.7 Å². The summed E-state index contributed by atoms with van der Waals surface area (Å²) in [7, 11) is 0. The number of carbonyl (C=O) groups is 1. The molecule has 18 heavy (non-hydrogen) atoms. The highest BCUT2D eigenvalue weighted by molar-refractivity contribution is 9.10. The molecule has 1 aliphatic rings. The molecule has 1 fully saturated rings. The topological polar surface area (TPSA) is 38.3 Å². The van der Waals surface area contributed by atoms with Crippen LogP contribution < -0.4 is 5.32 Å². The molecule has 1 amide bonds. The van der Waals surface area contributed by atoms with E-state index in [1.165, 1.54) is 5.56 Å². The Bertz CT molecular complexity index is 430. The summed E-state index contributed by atoms with van der Waals surface area (Å²) in [6.45, 7) is 5.36. The van der Waals surface area contributed by atoms with E-state index in [0.717, 1.165) is 35.2 Å². The van der Waals surface area contributed by atoms with Crippen molar-refractivity contribution in [2.75, 3.05) is 18.5 Å². The third-order valence-electron chi connectivity index (χ3n) is 3.21. The van der Waals surface area contributed by atoms with Crippen LogP contribution >= 0.6 is 15.9 Å². The molecule has 1 unspecified atom stereocenters. The molecule has 1 saturated heterocycles. The largest absolute Gasteiger partial charge is 0.381 e. The average molecular weight is 312 g/mol. The second kappa shape index (κ2) is 5.85. The fourth-order valence-electron chi connectivity index (χ4n) is 2.25. The van der Waals surface area contributed by atoms with Gasteiger partial charge in [-0.2, -0.15) is 0 Å². The van der Waals surface area contributed by atoms with Crippen molar-refractivity contribution in [1.82, 2.24) is 0 Å². The van der Waals surface area contributed by atoms with Crippen molar-refractivity contribution in [1.29, 1.82) is 0 Å². The Hall–Kier alpha value is -0.870. The van der Waals surface area contributed by atoms with Crippen LogP contribution in [-0.4, -0.2) is 19.1 Å². The van der Waals surface area contributed by atoms with Crippen LogP contribution in [0.5, 0.6) is 0 Å². The average Bonchev–Trinajstić information content (AvgIpc) is 2.34. The quantitative estimate of drug-likeness (QED) is 0.908. The Kier molecular flexibility index (Phi) is 4.40. The molecule has 4 heteroatoms. The highest BCUT2D eigenvalue weighted by atomic mass is 79.9. The Morgan fingerprint density at radius 2 is 2.22 bits per heavy atom. The third-order valence-corrected chi connectivity index (χ3v) is 3.84. The zero-order valence-corrected chi connectivity index (χ0v) is 12.3. The van der Waals surface area contributed by atoms with Gasteiger partial charge in [-0.15, -0.1) is 0 Å². The van der Waals surface area contributed by atoms with Crippen molar-refractivity contribution >= 4 is 27.5 Å². The smallest absolute Gasteiger partial charge is 0.229 e. The normalized spacial score (nSPS) is 19.6. The summed E-state index contributed by atoms with van der Waals surface area (Å²) in [5, 5.41) is 3.01. The van der Waals surface area contributed by atoms with Crippen LogP contribution in [0.25, 0.3) is 0 Å². The maximum Gasteiger partial charge on any atom is 0.229 e. The SMILES string of the molecule is Cc1cc(C)c(NC(=O)C2CCCOC2)c(Br)c1. The van der Waals surface area contributed by atoms with Gasteiger partial charge in [-0.1, -0.05) is 6.07 Å². The number of rotatable bonds is 2.